The first-order valence-electron chi connectivity index (χ1n) is 6.96. The first kappa shape index (κ1) is 15.9. The number of hydrogen-bond acceptors (Lipinski definition) is 5. The fourth-order valence-electron chi connectivity index (χ4n) is 2.36. The summed E-state index contributed by atoms with van der Waals surface area (Å²) in [5, 5.41) is 9.78. The molecule has 0 spiro atoms. The van der Waals surface area contributed by atoms with Crippen molar-refractivity contribution >= 4 is 23.2 Å². The van der Waals surface area contributed by atoms with E-state index in [1.807, 2.05) is 13.8 Å². The molecule has 1 aliphatic heterocycles. The molecule has 1 aromatic heterocycles. The minimum Gasteiger partial charge on any atom is -0.481 e. The van der Waals surface area contributed by atoms with Gasteiger partial charge in [0.25, 0.3) is 5.91 Å². The Kier molecular flexibility index (Phi) is 4.95. The number of rotatable bonds is 4. The second-order valence-corrected chi connectivity index (χ2v) is 6.28. The number of amides is 1. The maximum absolute atomic E-state index is 12.5. The fourth-order valence-corrected chi connectivity index (χ4v) is 3.43. The minimum atomic E-state index is -0.771. The quantitative estimate of drug-likeness (QED) is 0.921. The van der Waals surface area contributed by atoms with Gasteiger partial charge in [-0.15, -0.1) is 11.3 Å². The number of carboxylic acid groups (broad SMARTS) is 1. The number of methoxy groups -OCH3 is 1. The lowest BCUT2D eigenvalue weighted by Gasteiger charge is -2.29. The number of likely N-dealkylation sites (tertiary alicyclic amines) is 1. The van der Waals surface area contributed by atoms with Gasteiger partial charge in [-0.05, 0) is 26.7 Å². The number of hydrogen-bond donors (Lipinski definition) is 1. The Morgan fingerprint density at radius 2 is 2.05 bits per heavy atom. The van der Waals surface area contributed by atoms with Gasteiger partial charge in [0, 0.05) is 20.2 Å². The third-order valence-electron chi connectivity index (χ3n) is 3.84. The van der Waals surface area contributed by atoms with Crippen molar-refractivity contribution in [2.45, 2.75) is 32.8 Å². The number of carbonyl (C=O) groups is 2. The molecule has 7 heteroatoms. The third-order valence-corrected chi connectivity index (χ3v) is 5.15. The van der Waals surface area contributed by atoms with E-state index in [-0.39, 0.29) is 17.9 Å². The van der Waals surface area contributed by atoms with Crippen LogP contribution in [0, 0.1) is 12.8 Å². The van der Waals surface area contributed by atoms with E-state index in [0.717, 1.165) is 5.01 Å². The van der Waals surface area contributed by atoms with Crippen molar-refractivity contribution in [1.82, 2.24) is 9.88 Å². The van der Waals surface area contributed by atoms with Gasteiger partial charge in [-0.3, -0.25) is 9.59 Å². The molecule has 0 aromatic carbocycles. The van der Waals surface area contributed by atoms with Crippen LogP contribution in [0.2, 0.25) is 0 Å². The molecule has 1 aliphatic rings. The van der Waals surface area contributed by atoms with Crippen molar-refractivity contribution in [2.24, 2.45) is 5.92 Å². The van der Waals surface area contributed by atoms with Crippen molar-refractivity contribution in [2.75, 3.05) is 20.2 Å². The maximum atomic E-state index is 12.5. The Morgan fingerprint density at radius 1 is 1.43 bits per heavy atom. The van der Waals surface area contributed by atoms with E-state index in [4.69, 9.17) is 9.84 Å². The second-order valence-electron chi connectivity index (χ2n) is 5.25. The molecule has 6 nitrogen and oxygen atoms in total. The lowest BCUT2D eigenvalue weighted by Crippen LogP contribution is -2.40. The molecule has 21 heavy (non-hydrogen) atoms. The smallest absolute Gasteiger partial charge is 0.306 e. The number of nitrogens with zero attached hydrogens (tertiary/aromatic N) is 2. The Labute approximate surface area is 127 Å². The van der Waals surface area contributed by atoms with E-state index < -0.39 is 5.97 Å². The number of aliphatic carboxylic acids is 1. The SMILES string of the molecule is CO[C@@H](C)c1nc(C)c(C(=O)N2CCC(C(=O)O)CC2)s1. The average Bonchev–Trinajstić information content (AvgIpc) is 2.87. The Bertz CT molecular complexity index is 535. The number of aryl methyl sites for hydroxylation is 1. The maximum Gasteiger partial charge on any atom is 0.306 e. The summed E-state index contributed by atoms with van der Waals surface area (Å²) in [5.74, 6) is -1.16. The predicted octanol–water partition coefficient (Wildman–Crippen LogP) is 2.10. The van der Waals surface area contributed by atoms with Crippen LogP contribution in [-0.2, 0) is 9.53 Å². The van der Waals surface area contributed by atoms with Crippen LogP contribution < -0.4 is 0 Å². The Balaban J connectivity index is 2.07. The Hall–Kier alpha value is -1.47. The van der Waals surface area contributed by atoms with Crippen LogP contribution in [0.5, 0.6) is 0 Å². The molecule has 0 saturated carbocycles. The van der Waals surface area contributed by atoms with Crippen LogP contribution in [0.1, 0.15) is 46.2 Å². The molecule has 1 N–H and O–H groups in total. The number of aromatic nitrogens is 1. The standard InChI is InChI=1S/C14H20N2O4S/c1-8-11(21-12(15-8)9(2)20-3)13(17)16-6-4-10(5-7-16)14(18)19/h9-10H,4-7H2,1-3H3,(H,18,19)/t9-/m0/s1. The molecule has 0 radical (unpaired) electrons. The molecule has 116 valence electrons. The summed E-state index contributed by atoms with van der Waals surface area (Å²) in [6, 6.07) is 0. The number of carbonyl (C=O) groups excluding carboxylic acids is 1. The summed E-state index contributed by atoms with van der Waals surface area (Å²) >= 11 is 1.36. The molecule has 1 aromatic rings. The van der Waals surface area contributed by atoms with E-state index in [0.29, 0.717) is 36.5 Å². The highest BCUT2D eigenvalue weighted by molar-refractivity contribution is 7.13. The summed E-state index contributed by atoms with van der Waals surface area (Å²) in [6.07, 6.45) is 0.897. The predicted molar refractivity (Wildman–Crippen MR) is 78.5 cm³/mol. The van der Waals surface area contributed by atoms with E-state index in [2.05, 4.69) is 4.98 Å². The minimum absolute atomic E-state index is 0.0524. The number of carboxylic acids is 1. The first-order chi connectivity index (χ1) is 9.93. The lowest BCUT2D eigenvalue weighted by molar-refractivity contribution is -0.143. The van der Waals surface area contributed by atoms with Crippen molar-refractivity contribution in [3.63, 3.8) is 0 Å². The number of ether oxygens (including phenoxy) is 1. The highest BCUT2D eigenvalue weighted by Crippen LogP contribution is 2.28. The molecule has 0 unspecified atom stereocenters. The van der Waals surface area contributed by atoms with Gasteiger partial charge in [0.15, 0.2) is 0 Å². The van der Waals surface area contributed by atoms with E-state index in [1.54, 1.807) is 12.0 Å². The van der Waals surface area contributed by atoms with Gasteiger partial charge in [0.1, 0.15) is 16.0 Å². The van der Waals surface area contributed by atoms with Gasteiger partial charge in [-0.25, -0.2) is 4.98 Å². The van der Waals surface area contributed by atoms with Crippen LogP contribution in [0.3, 0.4) is 0 Å². The van der Waals surface area contributed by atoms with Gasteiger partial charge in [-0.2, -0.15) is 0 Å². The average molecular weight is 312 g/mol. The normalized spacial score (nSPS) is 17.8. The molecule has 2 heterocycles. The molecule has 1 saturated heterocycles. The highest BCUT2D eigenvalue weighted by atomic mass is 32.1. The molecule has 1 amide bonds. The summed E-state index contributed by atoms with van der Waals surface area (Å²) in [6.45, 7) is 4.69. The molecule has 0 aliphatic carbocycles. The van der Waals surface area contributed by atoms with Crippen molar-refractivity contribution in [3.8, 4) is 0 Å². The summed E-state index contributed by atoms with van der Waals surface area (Å²) in [7, 11) is 1.61. The number of thiazole rings is 1. The van der Waals surface area contributed by atoms with Crippen molar-refractivity contribution < 1.29 is 19.4 Å². The molecule has 2 rings (SSSR count). The lowest BCUT2D eigenvalue weighted by atomic mass is 9.97. The molecule has 1 atom stereocenters. The summed E-state index contributed by atoms with van der Waals surface area (Å²) < 4.78 is 5.23. The van der Waals surface area contributed by atoms with Crippen LogP contribution in [-0.4, -0.2) is 47.1 Å². The van der Waals surface area contributed by atoms with Crippen molar-refractivity contribution in [3.05, 3.63) is 15.6 Å². The van der Waals surface area contributed by atoms with Crippen LogP contribution in [0.15, 0.2) is 0 Å². The fraction of sp³-hybridized carbons (Fsp3) is 0.643. The Morgan fingerprint density at radius 3 is 2.57 bits per heavy atom. The van der Waals surface area contributed by atoms with Crippen LogP contribution in [0.25, 0.3) is 0 Å². The van der Waals surface area contributed by atoms with Gasteiger partial charge < -0.3 is 14.7 Å². The summed E-state index contributed by atoms with van der Waals surface area (Å²) in [4.78, 5) is 30.2. The largest absolute Gasteiger partial charge is 0.481 e. The molecule has 1 fully saturated rings. The number of piperidine rings is 1. The topological polar surface area (TPSA) is 79.7 Å². The zero-order valence-corrected chi connectivity index (χ0v) is 13.3. The monoisotopic (exact) mass is 312 g/mol. The van der Waals surface area contributed by atoms with Gasteiger partial charge in [0.2, 0.25) is 0 Å². The highest BCUT2D eigenvalue weighted by Gasteiger charge is 2.29. The van der Waals surface area contributed by atoms with E-state index in [9.17, 15) is 9.59 Å². The third kappa shape index (κ3) is 3.41. The van der Waals surface area contributed by atoms with E-state index >= 15 is 0 Å². The molecule has 0 bridgehead atoms. The van der Waals surface area contributed by atoms with E-state index in [1.165, 1.54) is 11.3 Å². The summed E-state index contributed by atoms with van der Waals surface area (Å²) in [5.41, 5.74) is 0.712. The molecular weight excluding hydrogens is 292 g/mol. The van der Waals surface area contributed by atoms with Crippen LogP contribution >= 0.6 is 11.3 Å². The van der Waals surface area contributed by atoms with Gasteiger partial charge in [0.05, 0.1) is 11.6 Å². The van der Waals surface area contributed by atoms with Crippen molar-refractivity contribution in [1.29, 1.82) is 0 Å². The first-order valence-corrected chi connectivity index (χ1v) is 7.78. The zero-order valence-electron chi connectivity index (χ0n) is 12.5. The molecular formula is C14H20N2O4S. The van der Waals surface area contributed by atoms with Crippen LogP contribution in [0.4, 0.5) is 0 Å². The van der Waals surface area contributed by atoms with Gasteiger partial charge >= 0.3 is 5.97 Å². The van der Waals surface area contributed by atoms with Gasteiger partial charge in [-0.1, -0.05) is 0 Å². The second kappa shape index (κ2) is 6.53. The zero-order chi connectivity index (χ0) is 15.6.